The molecule has 0 fully saturated rings. The molecular weight excluding hydrogens is 369 g/mol. The molecule has 1 amide bonds. The van der Waals surface area contributed by atoms with Gasteiger partial charge in [-0.2, -0.15) is 8.78 Å². The zero-order valence-corrected chi connectivity index (χ0v) is 11.7. The first-order valence-corrected chi connectivity index (χ1v) is 6.46. The molecule has 0 spiro atoms. The molecule has 0 radical (unpaired) electrons. The molecule has 0 bridgehead atoms. The molecule has 0 aromatic heterocycles. The van der Waals surface area contributed by atoms with Crippen LogP contribution in [0.1, 0.15) is 6.42 Å². The Labute approximate surface area is 123 Å². The fraction of sp³-hybridized carbons (Fsp3) is 0.273. The lowest BCUT2D eigenvalue weighted by Crippen LogP contribution is -2.28. The van der Waals surface area contributed by atoms with Crippen LogP contribution in [0.4, 0.5) is 22.0 Å². The molecule has 0 aliphatic rings. The van der Waals surface area contributed by atoms with Crippen LogP contribution in [0.5, 0.6) is 5.75 Å². The van der Waals surface area contributed by atoms with E-state index in [-0.39, 0.29) is 11.9 Å². The smallest absolute Gasteiger partial charge is 0.313 e. The second-order valence-corrected chi connectivity index (χ2v) is 4.17. The highest BCUT2D eigenvalue weighted by atomic mass is 79.9. The van der Waals surface area contributed by atoms with Crippen molar-refractivity contribution in [2.24, 2.45) is 0 Å². The quantitative estimate of drug-likeness (QED) is 0.214. The van der Waals surface area contributed by atoms with E-state index in [0.29, 0.717) is 0 Å². The number of benzene rings is 1. The van der Waals surface area contributed by atoms with Crippen LogP contribution >= 0.6 is 15.9 Å². The summed E-state index contributed by atoms with van der Waals surface area (Å²) < 4.78 is 68.9. The molecule has 0 aliphatic heterocycles. The lowest BCUT2D eigenvalue weighted by molar-refractivity contribution is -0.134. The molecule has 0 saturated carbocycles. The van der Waals surface area contributed by atoms with Gasteiger partial charge in [-0.15, -0.1) is 0 Å². The Kier molecular flexibility index (Phi) is 6.06. The van der Waals surface area contributed by atoms with Gasteiger partial charge in [-0.05, 0) is 0 Å². The van der Waals surface area contributed by atoms with E-state index in [2.05, 4.69) is 26.0 Å². The van der Waals surface area contributed by atoms with Gasteiger partial charge in [-0.3, -0.25) is 9.59 Å². The Bertz CT molecular complexity index is 552. The highest BCUT2D eigenvalue weighted by Crippen LogP contribution is 2.29. The fourth-order valence-electron chi connectivity index (χ4n) is 1.19. The van der Waals surface area contributed by atoms with Gasteiger partial charge in [0.15, 0.2) is 0 Å². The third-order valence-corrected chi connectivity index (χ3v) is 2.67. The molecule has 0 unspecified atom stereocenters. The van der Waals surface area contributed by atoms with Crippen molar-refractivity contribution >= 4 is 27.8 Å². The molecule has 116 valence electrons. The van der Waals surface area contributed by atoms with Crippen LogP contribution in [0.25, 0.3) is 0 Å². The first kappa shape index (κ1) is 17.3. The van der Waals surface area contributed by atoms with Gasteiger partial charge in [0.1, 0.15) is 0 Å². The highest BCUT2D eigenvalue weighted by molar-refractivity contribution is 9.09. The Morgan fingerprint density at radius 2 is 1.43 bits per heavy atom. The fourth-order valence-corrected chi connectivity index (χ4v) is 1.39. The number of hydrogen-bond acceptors (Lipinski definition) is 3. The van der Waals surface area contributed by atoms with E-state index in [9.17, 15) is 31.5 Å². The number of nitrogens with one attached hydrogen (secondary N) is 1. The van der Waals surface area contributed by atoms with Crippen molar-refractivity contribution in [3.63, 3.8) is 0 Å². The van der Waals surface area contributed by atoms with Crippen LogP contribution in [-0.4, -0.2) is 23.8 Å². The standard InChI is InChI=1S/C11H7BrF5NO3/c12-3-4(19)18-2-1-5(20)21-11-9(16)7(14)6(13)8(15)10(11)17/h1-3H2,(H,18,19). The first-order valence-electron chi connectivity index (χ1n) is 5.34. The maximum atomic E-state index is 13.2. The second-order valence-electron chi connectivity index (χ2n) is 3.61. The average molecular weight is 376 g/mol. The molecular formula is C11H7BrF5NO3. The summed E-state index contributed by atoms with van der Waals surface area (Å²) in [5, 5.41) is 2.20. The molecule has 0 aliphatic carbocycles. The Morgan fingerprint density at radius 1 is 0.952 bits per heavy atom. The van der Waals surface area contributed by atoms with E-state index in [1.807, 2.05) is 0 Å². The van der Waals surface area contributed by atoms with Crippen LogP contribution in [-0.2, 0) is 9.59 Å². The van der Waals surface area contributed by atoms with Gasteiger partial charge in [-0.25, -0.2) is 13.2 Å². The third-order valence-electron chi connectivity index (χ3n) is 2.16. The number of carbonyl (C=O) groups is 2. The monoisotopic (exact) mass is 375 g/mol. The maximum Gasteiger partial charge on any atom is 0.313 e. The molecule has 21 heavy (non-hydrogen) atoms. The van der Waals surface area contributed by atoms with E-state index in [0.717, 1.165) is 0 Å². The topological polar surface area (TPSA) is 55.4 Å². The number of rotatable bonds is 5. The molecule has 1 aromatic carbocycles. The highest BCUT2D eigenvalue weighted by Gasteiger charge is 2.28. The van der Waals surface area contributed by atoms with Crippen LogP contribution in [0, 0.1) is 29.1 Å². The van der Waals surface area contributed by atoms with Crippen molar-refractivity contribution in [1.82, 2.24) is 5.32 Å². The summed E-state index contributed by atoms with van der Waals surface area (Å²) in [6.45, 7) is -0.224. The number of ether oxygens (including phenoxy) is 1. The van der Waals surface area contributed by atoms with E-state index in [1.54, 1.807) is 0 Å². The minimum atomic E-state index is -2.35. The second kappa shape index (κ2) is 7.34. The molecule has 0 atom stereocenters. The van der Waals surface area contributed by atoms with Crippen molar-refractivity contribution < 1.29 is 36.3 Å². The minimum Gasteiger partial charge on any atom is -0.420 e. The van der Waals surface area contributed by atoms with E-state index in [1.165, 1.54) is 0 Å². The van der Waals surface area contributed by atoms with E-state index < -0.39 is 53.1 Å². The number of amides is 1. The predicted octanol–water partition coefficient (Wildman–Crippen LogP) is 2.19. The first-order chi connectivity index (χ1) is 9.79. The van der Waals surface area contributed by atoms with Gasteiger partial charge >= 0.3 is 5.97 Å². The summed E-state index contributed by atoms with van der Waals surface area (Å²) in [5.74, 6) is -14.7. The maximum absolute atomic E-state index is 13.2. The number of esters is 1. The van der Waals surface area contributed by atoms with Crippen LogP contribution in [0.15, 0.2) is 0 Å². The molecule has 4 nitrogen and oxygen atoms in total. The van der Waals surface area contributed by atoms with Crippen LogP contribution in [0.3, 0.4) is 0 Å². The van der Waals surface area contributed by atoms with E-state index in [4.69, 9.17) is 0 Å². The van der Waals surface area contributed by atoms with Gasteiger partial charge in [0.05, 0.1) is 11.8 Å². The molecule has 0 saturated heterocycles. The number of halogens is 6. The normalized spacial score (nSPS) is 10.4. The Morgan fingerprint density at radius 3 is 1.90 bits per heavy atom. The molecule has 1 N–H and O–H groups in total. The SMILES string of the molecule is O=C(CBr)NCCC(=O)Oc1c(F)c(F)c(F)c(F)c1F. The van der Waals surface area contributed by atoms with Gasteiger partial charge in [0.2, 0.25) is 40.7 Å². The number of carbonyl (C=O) groups excluding carboxylic acids is 2. The average Bonchev–Trinajstić information content (AvgIpc) is 2.47. The summed E-state index contributed by atoms with van der Waals surface area (Å²) in [4.78, 5) is 22.1. The van der Waals surface area contributed by atoms with Gasteiger partial charge in [0, 0.05) is 6.54 Å². The molecule has 1 aromatic rings. The van der Waals surface area contributed by atoms with Crippen molar-refractivity contribution in [1.29, 1.82) is 0 Å². The number of alkyl halides is 1. The predicted molar refractivity (Wildman–Crippen MR) is 63.3 cm³/mol. The third kappa shape index (κ3) is 4.13. The van der Waals surface area contributed by atoms with Crippen molar-refractivity contribution in [3.05, 3.63) is 29.1 Å². The summed E-state index contributed by atoms with van der Waals surface area (Å²) in [7, 11) is 0. The molecule has 10 heteroatoms. The lowest BCUT2D eigenvalue weighted by Gasteiger charge is -2.09. The van der Waals surface area contributed by atoms with Crippen LogP contribution < -0.4 is 10.1 Å². The molecule has 0 heterocycles. The largest absolute Gasteiger partial charge is 0.420 e. The summed E-state index contributed by atoms with van der Waals surface area (Å²) in [6.07, 6.45) is -0.516. The Balaban J connectivity index is 2.80. The summed E-state index contributed by atoms with van der Waals surface area (Å²) in [6, 6.07) is 0. The van der Waals surface area contributed by atoms with Crippen molar-refractivity contribution in [3.8, 4) is 5.75 Å². The van der Waals surface area contributed by atoms with Crippen LogP contribution in [0.2, 0.25) is 0 Å². The van der Waals surface area contributed by atoms with Gasteiger partial charge in [-0.1, -0.05) is 15.9 Å². The summed E-state index contributed by atoms with van der Waals surface area (Å²) >= 11 is 2.83. The van der Waals surface area contributed by atoms with Gasteiger partial charge < -0.3 is 10.1 Å². The summed E-state index contributed by atoms with van der Waals surface area (Å²) in [5.41, 5.74) is 0. The van der Waals surface area contributed by atoms with Gasteiger partial charge in [0.25, 0.3) is 0 Å². The molecule has 1 rings (SSSR count). The number of hydrogen-bond donors (Lipinski definition) is 1. The van der Waals surface area contributed by atoms with E-state index >= 15 is 0 Å². The van der Waals surface area contributed by atoms with Crippen molar-refractivity contribution in [2.45, 2.75) is 6.42 Å². The Hall–Kier alpha value is -1.71. The van der Waals surface area contributed by atoms with Crippen molar-refractivity contribution in [2.75, 3.05) is 11.9 Å². The zero-order chi connectivity index (χ0) is 16.2. The zero-order valence-electron chi connectivity index (χ0n) is 10.1. The minimum absolute atomic E-state index is 0.0281. The lowest BCUT2D eigenvalue weighted by atomic mass is 10.2.